The van der Waals surface area contributed by atoms with E-state index in [1.165, 1.54) is 18.7 Å². The summed E-state index contributed by atoms with van der Waals surface area (Å²) in [5, 5.41) is 16.0. The summed E-state index contributed by atoms with van der Waals surface area (Å²) in [4.78, 5) is 44.4. The van der Waals surface area contributed by atoms with Crippen molar-refractivity contribution in [1.29, 1.82) is 0 Å². The van der Waals surface area contributed by atoms with Crippen molar-refractivity contribution in [3.63, 3.8) is 0 Å². The lowest BCUT2D eigenvalue weighted by atomic mass is 10.2. The summed E-state index contributed by atoms with van der Waals surface area (Å²) in [6.07, 6.45) is 0.110. The number of anilines is 1. The van der Waals surface area contributed by atoms with Gasteiger partial charge >= 0.3 is 5.97 Å². The number of thioether (sulfide) groups is 1. The van der Waals surface area contributed by atoms with Crippen molar-refractivity contribution in [1.82, 2.24) is 10.6 Å². The number of rotatable bonds is 10. The summed E-state index contributed by atoms with van der Waals surface area (Å²) in [6.45, 7) is 0.925. The molecule has 0 radical (unpaired) electrons. The van der Waals surface area contributed by atoms with Crippen LogP contribution in [-0.4, -0.2) is 47.6 Å². The molecule has 136 valence electrons. The molecule has 4 N–H and O–H groups in total. The average Bonchev–Trinajstić information content (AvgIpc) is 2.55. The van der Waals surface area contributed by atoms with E-state index in [0.29, 0.717) is 17.2 Å². The highest BCUT2D eigenvalue weighted by Crippen LogP contribution is 2.17. The smallest absolute Gasteiger partial charge is 0.304 e. The molecule has 9 heteroatoms. The number of hydrogen-bond donors (Lipinski definition) is 4. The lowest BCUT2D eigenvalue weighted by Gasteiger charge is -2.09. The number of carboxylic acids is 1. The van der Waals surface area contributed by atoms with E-state index < -0.39 is 11.9 Å². The summed E-state index contributed by atoms with van der Waals surface area (Å²) >= 11 is 1.50. The molecule has 1 aromatic carbocycles. The van der Waals surface area contributed by atoms with Crippen LogP contribution < -0.4 is 16.0 Å². The molecule has 3 amide bonds. The molecule has 0 unspecified atom stereocenters. The average molecular weight is 367 g/mol. The van der Waals surface area contributed by atoms with Gasteiger partial charge in [0.15, 0.2) is 0 Å². The second-order valence-corrected chi connectivity index (χ2v) is 6.24. The maximum Gasteiger partial charge on any atom is 0.304 e. The van der Waals surface area contributed by atoms with Gasteiger partial charge < -0.3 is 21.1 Å². The van der Waals surface area contributed by atoms with E-state index in [0.717, 1.165) is 5.56 Å². The van der Waals surface area contributed by atoms with Gasteiger partial charge in [-0.15, -0.1) is 0 Å². The zero-order valence-corrected chi connectivity index (χ0v) is 14.6. The molecule has 0 saturated carbocycles. The number of hydrogen-bond acceptors (Lipinski definition) is 5. The van der Waals surface area contributed by atoms with Gasteiger partial charge in [-0.3, -0.25) is 19.2 Å². The minimum Gasteiger partial charge on any atom is -0.481 e. The number of amides is 3. The van der Waals surface area contributed by atoms with E-state index in [1.807, 2.05) is 6.07 Å². The maximum atomic E-state index is 11.8. The fraction of sp³-hybridized carbons (Fsp3) is 0.375. The Morgan fingerprint density at radius 3 is 2.48 bits per heavy atom. The van der Waals surface area contributed by atoms with Gasteiger partial charge in [-0.05, 0) is 17.7 Å². The largest absolute Gasteiger partial charge is 0.481 e. The predicted octanol–water partition coefficient (Wildman–Crippen LogP) is 0.585. The summed E-state index contributed by atoms with van der Waals surface area (Å²) in [5.74, 6) is -0.816. The molecule has 1 rings (SSSR count). The van der Waals surface area contributed by atoms with Crippen LogP contribution in [-0.2, 0) is 24.9 Å². The number of carboxylic acid groups (broad SMARTS) is 1. The van der Waals surface area contributed by atoms with Crippen LogP contribution in [0.1, 0.15) is 18.9 Å². The second kappa shape index (κ2) is 11.1. The van der Waals surface area contributed by atoms with Gasteiger partial charge in [0.1, 0.15) is 0 Å². The van der Waals surface area contributed by atoms with Crippen molar-refractivity contribution >= 4 is 41.1 Å². The van der Waals surface area contributed by atoms with Crippen LogP contribution in [0.4, 0.5) is 5.69 Å². The van der Waals surface area contributed by atoms with E-state index in [9.17, 15) is 19.2 Å². The third kappa shape index (κ3) is 10.0. The Hall–Kier alpha value is -2.55. The molecule has 0 aliphatic rings. The van der Waals surface area contributed by atoms with E-state index in [-0.39, 0.29) is 31.3 Å². The number of aliphatic carboxylic acids is 1. The topological polar surface area (TPSA) is 125 Å². The van der Waals surface area contributed by atoms with Gasteiger partial charge in [0.05, 0.1) is 19.5 Å². The maximum absolute atomic E-state index is 11.8. The molecule has 1 aromatic rings. The van der Waals surface area contributed by atoms with Crippen LogP contribution >= 0.6 is 11.8 Å². The molecular formula is C16H21N3O5S. The van der Waals surface area contributed by atoms with Crippen LogP contribution in [0, 0.1) is 0 Å². The first-order valence-corrected chi connectivity index (χ1v) is 8.71. The summed E-state index contributed by atoms with van der Waals surface area (Å²) in [5.41, 5.74) is 1.56. The zero-order valence-electron chi connectivity index (χ0n) is 13.8. The summed E-state index contributed by atoms with van der Waals surface area (Å²) < 4.78 is 0. The predicted molar refractivity (Wildman–Crippen MR) is 95.2 cm³/mol. The fourth-order valence-corrected chi connectivity index (χ4v) is 2.62. The van der Waals surface area contributed by atoms with Crippen molar-refractivity contribution in [3.8, 4) is 0 Å². The highest BCUT2D eigenvalue weighted by Gasteiger charge is 2.07. The highest BCUT2D eigenvalue weighted by atomic mass is 32.2. The van der Waals surface area contributed by atoms with Gasteiger partial charge in [-0.25, -0.2) is 0 Å². The van der Waals surface area contributed by atoms with Crippen LogP contribution in [0.5, 0.6) is 0 Å². The Morgan fingerprint density at radius 1 is 1.08 bits per heavy atom. The second-order valence-electron chi connectivity index (χ2n) is 5.13. The zero-order chi connectivity index (χ0) is 18.7. The molecule has 0 aromatic heterocycles. The minimum atomic E-state index is -0.825. The third-order valence-corrected chi connectivity index (χ3v) is 3.91. The van der Waals surface area contributed by atoms with E-state index in [4.69, 9.17) is 5.11 Å². The fourth-order valence-electron chi connectivity index (χ4n) is 1.74. The van der Waals surface area contributed by atoms with Crippen molar-refractivity contribution in [2.75, 3.05) is 24.2 Å². The Balaban J connectivity index is 2.36. The molecule has 0 aliphatic carbocycles. The van der Waals surface area contributed by atoms with Gasteiger partial charge in [0.25, 0.3) is 0 Å². The number of carbonyl (C=O) groups excluding carboxylic acids is 3. The van der Waals surface area contributed by atoms with Gasteiger partial charge in [0.2, 0.25) is 17.7 Å². The Kier molecular flexibility index (Phi) is 9.09. The standard InChI is InChI=1S/C16H21N3O5S/c1-11(20)17-8-14(21)18-9-15(22)19-13-4-2-3-12(7-13)10-25-6-5-16(23)24/h2-4,7H,5-6,8-10H2,1H3,(H,17,20)(H,18,21)(H,19,22)(H,23,24). The van der Waals surface area contributed by atoms with Crippen molar-refractivity contribution in [2.45, 2.75) is 19.1 Å². The normalized spacial score (nSPS) is 9.96. The lowest BCUT2D eigenvalue weighted by Crippen LogP contribution is -2.39. The SMILES string of the molecule is CC(=O)NCC(=O)NCC(=O)Nc1cccc(CSCCC(=O)O)c1. The summed E-state index contributed by atoms with van der Waals surface area (Å²) in [6, 6.07) is 7.20. The number of nitrogens with one attached hydrogen (secondary N) is 3. The van der Waals surface area contributed by atoms with Crippen LogP contribution in [0.2, 0.25) is 0 Å². The van der Waals surface area contributed by atoms with Crippen LogP contribution in [0.25, 0.3) is 0 Å². The molecule has 0 spiro atoms. The Labute approximate surface area is 149 Å². The molecule has 0 atom stereocenters. The van der Waals surface area contributed by atoms with E-state index in [2.05, 4.69) is 16.0 Å². The first-order chi connectivity index (χ1) is 11.9. The quantitative estimate of drug-likeness (QED) is 0.449. The van der Waals surface area contributed by atoms with Crippen LogP contribution in [0.15, 0.2) is 24.3 Å². The molecule has 25 heavy (non-hydrogen) atoms. The lowest BCUT2D eigenvalue weighted by molar-refractivity contribution is -0.136. The number of carbonyl (C=O) groups is 4. The molecule has 0 bridgehead atoms. The van der Waals surface area contributed by atoms with Crippen molar-refractivity contribution in [2.24, 2.45) is 0 Å². The van der Waals surface area contributed by atoms with Gasteiger partial charge in [0, 0.05) is 24.1 Å². The third-order valence-electron chi connectivity index (χ3n) is 2.88. The Morgan fingerprint density at radius 2 is 1.80 bits per heavy atom. The molecule has 0 heterocycles. The van der Waals surface area contributed by atoms with Gasteiger partial charge in [-0.1, -0.05) is 12.1 Å². The van der Waals surface area contributed by atoms with Gasteiger partial charge in [-0.2, -0.15) is 11.8 Å². The molecule has 0 aliphatic heterocycles. The van der Waals surface area contributed by atoms with Crippen molar-refractivity contribution in [3.05, 3.63) is 29.8 Å². The molecule has 8 nitrogen and oxygen atoms in total. The molecule has 0 saturated heterocycles. The minimum absolute atomic E-state index is 0.110. The number of benzene rings is 1. The summed E-state index contributed by atoms with van der Waals surface area (Å²) in [7, 11) is 0. The van der Waals surface area contributed by atoms with E-state index in [1.54, 1.807) is 18.2 Å². The van der Waals surface area contributed by atoms with Crippen LogP contribution in [0.3, 0.4) is 0 Å². The van der Waals surface area contributed by atoms with Crippen molar-refractivity contribution < 1.29 is 24.3 Å². The van der Waals surface area contributed by atoms with E-state index >= 15 is 0 Å². The molecular weight excluding hydrogens is 346 g/mol. The Bertz CT molecular complexity index is 636. The first-order valence-electron chi connectivity index (χ1n) is 7.56. The first kappa shape index (κ1) is 20.5. The monoisotopic (exact) mass is 367 g/mol. The molecule has 0 fully saturated rings. The highest BCUT2D eigenvalue weighted by molar-refractivity contribution is 7.98.